The number of rotatable bonds is 3. The van der Waals surface area contributed by atoms with Crippen molar-refractivity contribution in [3.63, 3.8) is 0 Å². The fraction of sp³-hybridized carbons (Fsp3) is 0.355. The molecule has 216 valence electrons. The van der Waals surface area contributed by atoms with Crippen molar-refractivity contribution in [2.75, 3.05) is 51.3 Å². The van der Waals surface area contributed by atoms with E-state index in [9.17, 15) is 14.0 Å². The SMILES string of the molecule is O=C1CN(C(=O)C2CCN(Cc3ccc(F)cc3)CC2)CCOCCOc2ccccc2Oc2ccc(Cl)cc2N1. The molecule has 0 radical (unpaired) electrons. The lowest BCUT2D eigenvalue weighted by atomic mass is 9.94. The summed E-state index contributed by atoms with van der Waals surface area (Å²) >= 11 is 6.24. The molecule has 8 nitrogen and oxygen atoms in total. The molecule has 2 heterocycles. The molecular weight excluding hydrogens is 549 g/mol. The van der Waals surface area contributed by atoms with Gasteiger partial charge in [-0.25, -0.2) is 4.39 Å². The number of benzene rings is 3. The number of para-hydroxylation sites is 2. The van der Waals surface area contributed by atoms with Gasteiger partial charge in [0, 0.05) is 24.0 Å². The van der Waals surface area contributed by atoms with Crippen molar-refractivity contribution in [2.24, 2.45) is 5.92 Å². The van der Waals surface area contributed by atoms with Crippen LogP contribution < -0.4 is 14.8 Å². The molecule has 1 saturated heterocycles. The number of nitrogens with zero attached hydrogens (tertiary/aromatic N) is 2. The number of ether oxygens (including phenoxy) is 3. The number of hydrogen-bond acceptors (Lipinski definition) is 6. The van der Waals surface area contributed by atoms with Gasteiger partial charge in [-0.2, -0.15) is 0 Å². The zero-order valence-corrected chi connectivity index (χ0v) is 23.4. The van der Waals surface area contributed by atoms with E-state index >= 15 is 0 Å². The van der Waals surface area contributed by atoms with Crippen LogP contribution >= 0.6 is 11.6 Å². The molecule has 2 aliphatic rings. The zero-order chi connectivity index (χ0) is 28.6. The highest BCUT2D eigenvalue weighted by Crippen LogP contribution is 2.36. The van der Waals surface area contributed by atoms with Crippen LogP contribution in [-0.2, 0) is 20.9 Å². The summed E-state index contributed by atoms with van der Waals surface area (Å²) in [5, 5.41) is 3.30. The highest BCUT2D eigenvalue weighted by atomic mass is 35.5. The van der Waals surface area contributed by atoms with Crippen molar-refractivity contribution in [3.8, 4) is 17.2 Å². The lowest BCUT2D eigenvalue weighted by molar-refractivity contribution is -0.140. The molecule has 1 fully saturated rings. The smallest absolute Gasteiger partial charge is 0.244 e. The first-order chi connectivity index (χ1) is 19.9. The van der Waals surface area contributed by atoms with Gasteiger partial charge in [0.15, 0.2) is 17.2 Å². The summed E-state index contributed by atoms with van der Waals surface area (Å²) in [4.78, 5) is 30.6. The first-order valence-electron chi connectivity index (χ1n) is 13.8. The summed E-state index contributed by atoms with van der Waals surface area (Å²) in [6, 6.07) is 18.7. The third kappa shape index (κ3) is 7.97. The van der Waals surface area contributed by atoms with Gasteiger partial charge in [0.25, 0.3) is 0 Å². The van der Waals surface area contributed by atoms with E-state index in [2.05, 4.69) is 10.2 Å². The van der Waals surface area contributed by atoms with Crippen molar-refractivity contribution in [1.82, 2.24) is 9.80 Å². The number of amides is 2. The average molecular weight is 582 g/mol. The summed E-state index contributed by atoms with van der Waals surface area (Å²) < 4.78 is 31.0. The Labute approximate surface area is 243 Å². The molecule has 3 aromatic rings. The van der Waals surface area contributed by atoms with Gasteiger partial charge in [-0.1, -0.05) is 35.9 Å². The maximum absolute atomic E-state index is 13.6. The maximum Gasteiger partial charge on any atom is 0.244 e. The van der Waals surface area contributed by atoms with Gasteiger partial charge < -0.3 is 24.4 Å². The summed E-state index contributed by atoms with van der Waals surface area (Å²) in [5.74, 6) is 0.548. The molecule has 0 atom stereocenters. The van der Waals surface area contributed by atoms with Crippen LogP contribution in [0.1, 0.15) is 18.4 Å². The molecule has 3 aromatic carbocycles. The Bertz CT molecular complexity index is 1350. The molecule has 2 amide bonds. The molecule has 0 aliphatic carbocycles. The second-order valence-electron chi connectivity index (χ2n) is 10.1. The predicted octanol–water partition coefficient (Wildman–Crippen LogP) is 5.36. The second-order valence-corrected chi connectivity index (χ2v) is 10.6. The summed E-state index contributed by atoms with van der Waals surface area (Å²) in [6.07, 6.45) is 1.36. The van der Waals surface area contributed by atoms with Crippen LogP contribution in [-0.4, -0.2) is 67.6 Å². The Balaban J connectivity index is 1.26. The molecule has 10 heteroatoms. The average Bonchev–Trinajstić information content (AvgIpc) is 2.97. The molecule has 2 aliphatic heterocycles. The minimum Gasteiger partial charge on any atom is -0.487 e. The van der Waals surface area contributed by atoms with E-state index in [1.807, 2.05) is 12.1 Å². The Morgan fingerprint density at radius 1 is 0.927 bits per heavy atom. The van der Waals surface area contributed by atoms with E-state index < -0.39 is 0 Å². The number of piperidine rings is 1. The van der Waals surface area contributed by atoms with E-state index in [0.29, 0.717) is 60.6 Å². The van der Waals surface area contributed by atoms with Gasteiger partial charge in [0.05, 0.1) is 25.4 Å². The lowest BCUT2D eigenvalue weighted by Gasteiger charge is -2.34. The van der Waals surface area contributed by atoms with E-state index in [-0.39, 0.29) is 43.2 Å². The summed E-state index contributed by atoms with van der Waals surface area (Å²) in [6.45, 7) is 3.22. The molecule has 0 saturated carbocycles. The van der Waals surface area contributed by atoms with Crippen molar-refractivity contribution < 1.29 is 28.2 Å². The van der Waals surface area contributed by atoms with E-state index in [4.69, 9.17) is 25.8 Å². The molecule has 41 heavy (non-hydrogen) atoms. The van der Waals surface area contributed by atoms with Crippen LogP contribution in [0.25, 0.3) is 0 Å². The number of carbonyl (C=O) groups excluding carboxylic acids is 2. The van der Waals surface area contributed by atoms with Crippen LogP contribution in [0, 0.1) is 11.7 Å². The molecule has 0 spiro atoms. The predicted molar refractivity (Wildman–Crippen MR) is 154 cm³/mol. The van der Waals surface area contributed by atoms with Crippen LogP contribution in [0.5, 0.6) is 17.2 Å². The highest BCUT2D eigenvalue weighted by molar-refractivity contribution is 6.31. The van der Waals surface area contributed by atoms with Crippen LogP contribution in [0.4, 0.5) is 10.1 Å². The molecule has 0 aromatic heterocycles. The van der Waals surface area contributed by atoms with Gasteiger partial charge in [-0.15, -0.1) is 0 Å². The van der Waals surface area contributed by atoms with Crippen LogP contribution in [0.15, 0.2) is 66.7 Å². The fourth-order valence-electron chi connectivity index (χ4n) is 5.02. The number of nitrogens with one attached hydrogen (secondary N) is 1. The minimum atomic E-state index is -0.362. The standard InChI is InChI=1S/C31H33ClFN3O5/c32-24-7-10-27-26(19-24)34-30(37)21-36(15-16-39-17-18-40-28-3-1-2-4-29(28)41-27)31(38)23-11-13-35(14-12-23)20-22-5-8-25(33)9-6-22/h1-10,19,23H,11-18,20-21H2,(H,34,37). The summed E-state index contributed by atoms with van der Waals surface area (Å²) in [7, 11) is 0. The maximum atomic E-state index is 13.6. The van der Waals surface area contributed by atoms with E-state index in [0.717, 1.165) is 18.7 Å². The van der Waals surface area contributed by atoms with Gasteiger partial charge in [-0.05, 0) is 74.0 Å². The van der Waals surface area contributed by atoms with E-state index in [1.165, 1.54) is 12.1 Å². The van der Waals surface area contributed by atoms with Crippen LogP contribution in [0.3, 0.4) is 0 Å². The highest BCUT2D eigenvalue weighted by Gasteiger charge is 2.30. The monoisotopic (exact) mass is 581 g/mol. The van der Waals surface area contributed by atoms with Crippen molar-refractivity contribution in [2.45, 2.75) is 19.4 Å². The largest absolute Gasteiger partial charge is 0.487 e. The lowest BCUT2D eigenvalue weighted by Crippen LogP contribution is -2.46. The molecular formula is C31H33ClFN3O5. The number of anilines is 1. The first-order valence-corrected chi connectivity index (χ1v) is 14.1. The Morgan fingerprint density at radius 3 is 2.46 bits per heavy atom. The molecule has 5 rings (SSSR count). The number of halogens is 2. The van der Waals surface area contributed by atoms with Crippen LogP contribution in [0.2, 0.25) is 5.02 Å². The fourth-order valence-corrected chi connectivity index (χ4v) is 5.20. The Morgan fingerprint density at radius 2 is 1.68 bits per heavy atom. The zero-order valence-electron chi connectivity index (χ0n) is 22.7. The van der Waals surface area contributed by atoms with Gasteiger partial charge in [-0.3, -0.25) is 14.5 Å². The molecule has 1 N–H and O–H groups in total. The van der Waals surface area contributed by atoms with Gasteiger partial charge in [0.1, 0.15) is 12.4 Å². The summed E-state index contributed by atoms with van der Waals surface area (Å²) in [5.41, 5.74) is 1.43. The number of likely N-dealkylation sites (tertiary alicyclic amines) is 1. The second kappa shape index (κ2) is 13.8. The van der Waals surface area contributed by atoms with Gasteiger partial charge >= 0.3 is 0 Å². The quantitative estimate of drug-likeness (QED) is 0.449. The molecule has 0 unspecified atom stereocenters. The third-order valence-corrected chi connectivity index (χ3v) is 7.41. The van der Waals surface area contributed by atoms with E-state index in [1.54, 1.807) is 47.4 Å². The number of carbonyl (C=O) groups is 2. The van der Waals surface area contributed by atoms with Gasteiger partial charge in [0.2, 0.25) is 11.8 Å². The van der Waals surface area contributed by atoms with Crippen molar-refractivity contribution in [1.29, 1.82) is 0 Å². The topological polar surface area (TPSA) is 80.3 Å². The Hall–Kier alpha value is -3.66. The minimum absolute atomic E-state index is 0.0688. The number of hydrogen-bond donors (Lipinski definition) is 1. The first kappa shape index (κ1) is 28.9. The van der Waals surface area contributed by atoms with Crippen molar-refractivity contribution in [3.05, 3.63) is 83.1 Å². The third-order valence-electron chi connectivity index (χ3n) is 7.18. The van der Waals surface area contributed by atoms with Crippen molar-refractivity contribution >= 4 is 29.1 Å². The normalized spacial score (nSPS) is 17.6. The molecule has 0 bridgehead atoms. The Kier molecular flexibility index (Phi) is 9.71. The number of fused-ring (bicyclic) bond motifs is 2.